The Morgan fingerprint density at radius 3 is 2.62 bits per heavy atom. The second-order valence-electron chi connectivity index (χ2n) is 9.65. The van der Waals surface area contributed by atoms with Crippen molar-refractivity contribution in [2.45, 2.75) is 90.3 Å². The third kappa shape index (κ3) is 6.18. The molecule has 0 bridgehead atoms. The summed E-state index contributed by atoms with van der Waals surface area (Å²) in [6.07, 6.45) is 26.7. The molecule has 3 rings (SSSR count). The quantitative estimate of drug-likeness (QED) is 0.350. The molecule has 1 unspecified atom stereocenters. The molecule has 0 aromatic heterocycles. The molecule has 0 amide bonds. The van der Waals surface area contributed by atoms with Crippen molar-refractivity contribution in [3.05, 3.63) is 48.1 Å². The fourth-order valence-corrected chi connectivity index (χ4v) is 5.74. The number of hydrogen-bond acceptors (Lipinski definition) is 2. The van der Waals surface area contributed by atoms with Crippen LogP contribution in [0.5, 0.6) is 0 Å². The van der Waals surface area contributed by atoms with E-state index in [0.29, 0.717) is 23.7 Å². The molecule has 2 saturated carbocycles. The van der Waals surface area contributed by atoms with Gasteiger partial charge in [0.2, 0.25) is 0 Å². The summed E-state index contributed by atoms with van der Waals surface area (Å²) in [6, 6.07) is 0. The fourth-order valence-electron chi connectivity index (χ4n) is 5.74. The largest absolute Gasteiger partial charge is 0.392 e. The van der Waals surface area contributed by atoms with Gasteiger partial charge in [-0.25, -0.2) is 0 Å². The zero-order chi connectivity index (χ0) is 20.6. The van der Waals surface area contributed by atoms with E-state index in [1.807, 2.05) is 6.08 Å². The summed E-state index contributed by atoms with van der Waals surface area (Å²) in [4.78, 5) is 0. The lowest BCUT2D eigenvalue weighted by atomic mass is 9.78. The molecule has 2 nitrogen and oxygen atoms in total. The minimum atomic E-state index is -0.380. The van der Waals surface area contributed by atoms with Crippen molar-refractivity contribution in [1.29, 1.82) is 0 Å². The van der Waals surface area contributed by atoms with Gasteiger partial charge < -0.3 is 10.2 Å². The Morgan fingerprint density at radius 1 is 1.10 bits per heavy atom. The molecular weight excluding hydrogens is 356 g/mol. The summed E-state index contributed by atoms with van der Waals surface area (Å²) in [5, 5.41) is 21.3. The zero-order valence-electron chi connectivity index (χ0n) is 18.5. The lowest BCUT2D eigenvalue weighted by Crippen LogP contribution is -2.26. The first-order valence-electron chi connectivity index (χ1n) is 12.2. The van der Waals surface area contributed by atoms with Gasteiger partial charge in [-0.05, 0) is 55.8 Å². The Morgan fingerprint density at radius 2 is 1.86 bits per heavy atom. The summed E-state index contributed by atoms with van der Waals surface area (Å²) in [5.41, 5.74) is 1.43. The van der Waals surface area contributed by atoms with E-state index in [1.165, 1.54) is 37.7 Å². The highest BCUT2D eigenvalue weighted by Crippen LogP contribution is 2.47. The number of allylic oxidation sites excluding steroid dienone is 6. The number of aliphatic hydroxyl groups is 2. The van der Waals surface area contributed by atoms with Gasteiger partial charge in [0.1, 0.15) is 0 Å². The maximum atomic E-state index is 10.7. The van der Waals surface area contributed by atoms with E-state index >= 15 is 0 Å². The van der Waals surface area contributed by atoms with Gasteiger partial charge in [0.05, 0.1) is 12.2 Å². The third-order valence-corrected chi connectivity index (χ3v) is 7.60. The molecule has 3 aliphatic carbocycles. The minimum Gasteiger partial charge on any atom is -0.392 e. The lowest BCUT2D eigenvalue weighted by molar-refractivity contribution is 0.102. The maximum absolute atomic E-state index is 10.7. The molecule has 6 atom stereocenters. The van der Waals surface area contributed by atoms with Crippen molar-refractivity contribution >= 4 is 0 Å². The topological polar surface area (TPSA) is 40.5 Å². The molecule has 3 aliphatic rings. The standard InChI is InChI=1S/C27H42O2/c1-3-4-5-6-7-9-12-21-17-23-19-27(29)24(25(23)18-21)15-16-26(28)20(2)22-13-10-8-11-14-22/h4-5,9,12,15-17,20,22-29H,3,6-8,10-11,13-14,18-19H2,1-2H3/b5-4?,12-9?,16-15-/t20?,23-,24-,25-,26-,27+/m0/s1. The fraction of sp³-hybridized carbons (Fsp3) is 0.704. The highest BCUT2D eigenvalue weighted by atomic mass is 16.3. The number of fused-ring (bicyclic) bond motifs is 1. The summed E-state index contributed by atoms with van der Waals surface area (Å²) in [7, 11) is 0. The first-order valence-corrected chi connectivity index (χ1v) is 12.2. The Bertz CT molecular complexity index is 608. The second-order valence-corrected chi connectivity index (χ2v) is 9.65. The first-order chi connectivity index (χ1) is 14.1. The van der Waals surface area contributed by atoms with Crippen LogP contribution in [0.1, 0.15) is 78.1 Å². The first kappa shape index (κ1) is 22.6. The molecule has 0 aromatic carbocycles. The maximum Gasteiger partial charge on any atom is 0.0749 e. The van der Waals surface area contributed by atoms with Gasteiger partial charge in [-0.1, -0.05) is 94.1 Å². The van der Waals surface area contributed by atoms with Crippen LogP contribution < -0.4 is 0 Å². The van der Waals surface area contributed by atoms with Gasteiger partial charge in [0.25, 0.3) is 0 Å². The predicted molar refractivity (Wildman–Crippen MR) is 122 cm³/mol. The number of hydrogen-bond donors (Lipinski definition) is 2. The van der Waals surface area contributed by atoms with Crippen molar-refractivity contribution in [2.24, 2.45) is 29.6 Å². The van der Waals surface area contributed by atoms with Gasteiger partial charge in [-0.2, -0.15) is 0 Å². The molecule has 0 aliphatic heterocycles. The van der Waals surface area contributed by atoms with Crippen LogP contribution in [0.3, 0.4) is 0 Å². The summed E-state index contributed by atoms with van der Waals surface area (Å²) in [5.74, 6) is 2.15. The molecule has 0 spiro atoms. The highest BCUT2D eigenvalue weighted by Gasteiger charge is 2.43. The van der Waals surface area contributed by atoms with E-state index in [0.717, 1.165) is 32.1 Å². The van der Waals surface area contributed by atoms with Gasteiger partial charge in [0, 0.05) is 5.92 Å². The van der Waals surface area contributed by atoms with E-state index in [2.05, 4.69) is 50.3 Å². The highest BCUT2D eigenvalue weighted by molar-refractivity contribution is 5.29. The molecule has 162 valence electrons. The Hall–Kier alpha value is -1.12. The van der Waals surface area contributed by atoms with Gasteiger partial charge in [-0.3, -0.25) is 0 Å². The van der Waals surface area contributed by atoms with Crippen molar-refractivity contribution in [3.63, 3.8) is 0 Å². The van der Waals surface area contributed by atoms with Crippen LogP contribution in [-0.2, 0) is 0 Å². The molecule has 2 N–H and O–H groups in total. The van der Waals surface area contributed by atoms with Crippen LogP contribution in [0.2, 0.25) is 0 Å². The monoisotopic (exact) mass is 398 g/mol. The van der Waals surface area contributed by atoms with Crippen LogP contribution in [-0.4, -0.2) is 22.4 Å². The summed E-state index contributed by atoms with van der Waals surface area (Å²) < 4.78 is 0. The molecule has 2 fully saturated rings. The van der Waals surface area contributed by atoms with Gasteiger partial charge in [-0.15, -0.1) is 0 Å². The average Bonchev–Trinajstić information content (AvgIpc) is 3.25. The third-order valence-electron chi connectivity index (χ3n) is 7.60. The van der Waals surface area contributed by atoms with Gasteiger partial charge in [0.15, 0.2) is 0 Å². The Labute approximate surface area is 178 Å². The number of unbranched alkanes of at least 4 members (excludes halogenated alkanes) is 1. The molecular formula is C27H42O2. The second kappa shape index (κ2) is 11.3. The summed E-state index contributed by atoms with van der Waals surface area (Å²) in [6.45, 7) is 4.37. The smallest absolute Gasteiger partial charge is 0.0749 e. The summed E-state index contributed by atoms with van der Waals surface area (Å²) >= 11 is 0. The van der Waals surface area contributed by atoms with Crippen LogP contribution in [0, 0.1) is 29.6 Å². The average molecular weight is 399 g/mol. The van der Waals surface area contributed by atoms with E-state index < -0.39 is 0 Å². The zero-order valence-corrected chi connectivity index (χ0v) is 18.5. The number of aliphatic hydroxyl groups excluding tert-OH is 2. The Balaban J connectivity index is 1.50. The Kier molecular flexibility index (Phi) is 8.81. The normalized spacial score (nSPS) is 33.0. The molecule has 0 heterocycles. The van der Waals surface area contributed by atoms with Crippen molar-refractivity contribution in [1.82, 2.24) is 0 Å². The minimum absolute atomic E-state index is 0.183. The molecule has 29 heavy (non-hydrogen) atoms. The predicted octanol–water partition coefficient (Wildman–Crippen LogP) is 6.37. The molecule has 0 saturated heterocycles. The van der Waals surface area contributed by atoms with Crippen LogP contribution in [0.15, 0.2) is 48.1 Å². The lowest BCUT2D eigenvalue weighted by Gasteiger charge is -2.30. The van der Waals surface area contributed by atoms with Crippen LogP contribution in [0.4, 0.5) is 0 Å². The van der Waals surface area contributed by atoms with E-state index in [1.54, 1.807) is 0 Å². The SMILES string of the molecule is CCC=CCCC=CC1=C[C@H]2C[C@@H](O)[C@@H](/C=C\[C@H](O)C(C)C3CCCCC3)[C@H]2C1. The molecule has 2 heteroatoms. The van der Waals surface area contributed by atoms with Crippen molar-refractivity contribution in [2.75, 3.05) is 0 Å². The van der Waals surface area contributed by atoms with Gasteiger partial charge >= 0.3 is 0 Å². The van der Waals surface area contributed by atoms with Crippen LogP contribution >= 0.6 is 0 Å². The van der Waals surface area contributed by atoms with E-state index in [4.69, 9.17) is 0 Å². The van der Waals surface area contributed by atoms with Crippen LogP contribution in [0.25, 0.3) is 0 Å². The number of rotatable bonds is 9. The van der Waals surface area contributed by atoms with E-state index in [-0.39, 0.29) is 18.1 Å². The van der Waals surface area contributed by atoms with E-state index in [9.17, 15) is 10.2 Å². The molecule has 0 radical (unpaired) electrons. The van der Waals surface area contributed by atoms with Crippen molar-refractivity contribution in [3.8, 4) is 0 Å². The molecule has 0 aromatic rings. The van der Waals surface area contributed by atoms with Crippen molar-refractivity contribution < 1.29 is 10.2 Å².